The molecule has 1 aromatic heterocycles. The van der Waals surface area contributed by atoms with Crippen molar-refractivity contribution in [2.75, 3.05) is 30.3 Å². The van der Waals surface area contributed by atoms with E-state index in [-0.39, 0.29) is 5.60 Å². The molecule has 0 radical (unpaired) electrons. The summed E-state index contributed by atoms with van der Waals surface area (Å²) in [5.74, 6) is 2.46. The van der Waals surface area contributed by atoms with Crippen LogP contribution in [0.3, 0.4) is 0 Å². The lowest BCUT2D eigenvalue weighted by molar-refractivity contribution is 0.000638. The van der Waals surface area contributed by atoms with Crippen molar-refractivity contribution in [3.63, 3.8) is 0 Å². The van der Waals surface area contributed by atoms with Crippen molar-refractivity contribution in [2.45, 2.75) is 46.6 Å². The molecule has 1 rings (SSSR count). The molecular formula is C14H26N4O. The van der Waals surface area contributed by atoms with Crippen molar-refractivity contribution in [1.29, 1.82) is 0 Å². The van der Waals surface area contributed by atoms with Gasteiger partial charge in [-0.1, -0.05) is 6.92 Å². The summed E-state index contributed by atoms with van der Waals surface area (Å²) in [5.41, 5.74) is -0.204. The molecule has 19 heavy (non-hydrogen) atoms. The number of hydrogen-bond donors (Lipinski definition) is 2. The molecule has 5 heteroatoms. The van der Waals surface area contributed by atoms with Gasteiger partial charge in [0.2, 0.25) is 0 Å². The van der Waals surface area contributed by atoms with E-state index >= 15 is 0 Å². The molecule has 1 heterocycles. The lowest BCUT2D eigenvalue weighted by Crippen LogP contribution is -2.33. The Morgan fingerprint density at radius 3 is 2.37 bits per heavy atom. The predicted octanol–water partition coefficient (Wildman–Crippen LogP) is 2.83. The van der Waals surface area contributed by atoms with Crippen molar-refractivity contribution in [3.8, 4) is 0 Å². The van der Waals surface area contributed by atoms with Crippen molar-refractivity contribution in [1.82, 2.24) is 9.97 Å². The second kappa shape index (κ2) is 7.28. The number of nitrogens with one attached hydrogen (secondary N) is 2. The van der Waals surface area contributed by atoms with Gasteiger partial charge in [-0.15, -0.1) is 0 Å². The van der Waals surface area contributed by atoms with Gasteiger partial charge in [0.25, 0.3) is 0 Å². The minimum Gasteiger partial charge on any atom is -0.374 e. The van der Waals surface area contributed by atoms with Gasteiger partial charge in [0.05, 0.1) is 5.60 Å². The molecule has 108 valence electrons. The van der Waals surface area contributed by atoms with Crippen LogP contribution in [0.25, 0.3) is 0 Å². The molecule has 0 spiro atoms. The highest BCUT2D eigenvalue weighted by Gasteiger charge is 2.17. The fourth-order valence-electron chi connectivity index (χ4n) is 1.75. The largest absolute Gasteiger partial charge is 0.374 e. The summed E-state index contributed by atoms with van der Waals surface area (Å²) in [6, 6.07) is 1.94. The molecule has 0 atom stereocenters. The summed E-state index contributed by atoms with van der Waals surface area (Å²) < 4.78 is 5.65. The van der Waals surface area contributed by atoms with Crippen LogP contribution in [0, 0.1) is 6.92 Å². The summed E-state index contributed by atoms with van der Waals surface area (Å²) in [5, 5.41) is 6.59. The van der Waals surface area contributed by atoms with Crippen LogP contribution in [0.5, 0.6) is 0 Å². The molecule has 0 aliphatic rings. The lowest BCUT2D eigenvalue weighted by atomic mass is 10.1. The van der Waals surface area contributed by atoms with E-state index in [1.807, 2.05) is 19.9 Å². The third-order valence-electron chi connectivity index (χ3n) is 2.62. The van der Waals surface area contributed by atoms with Gasteiger partial charge in [-0.2, -0.15) is 0 Å². The minimum atomic E-state index is -0.204. The van der Waals surface area contributed by atoms with Gasteiger partial charge in [0.15, 0.2) is 0 Å². The van der Waals surface area contributed by atoms with Crippen LogP contribution in [0.15, 0.2) is 6.07 Å². The average Bonchev–Trinajstić information content (AvgIpc) is 2.33. The molecule has 0 bridgehead atoms. The normalized spacial score (nSPS) is 11.4. The van der Waals surface area contributed by atoms with E-state index in [9.17, 15) is 0 Å². The fraction of sp³-hybridized carbons (Fsp3) is 0.714. The standard InChI is InChI=1S/C14H26N4O/c1-6-8-15-12-9-13(18-11(3)17-12)16-10-14(4,5)19-7-2/h9H,6-8,10H2,1-5H3,(H2,15,16,17,18). The van der Waals surface area contributed by atoms with Crippen molar-refractivity contribution in [2.24, 2.45) is 0 Å². The summed E-state index contributed by atoms with van der Waals surface area (Å²) in [6.45, 7) is 12.5. The summed E-state index contributed by atoms with van der Waals surface area (Å²) >= 11 is 0. The quantitative estimate of drug-likeness (QED) is 0.757. The molecule has 0 fully saturated rings. The van der Waals surface area contributed by atoms with E-state index in [4.69, 9.17) is 4.74 Å². The molecule has 0 aliphatic heterocycles. The van der Waals surface area contributed by atoms with E-state index in [0.29, 0.717) is 13.2 Å². The third kappa shape index (κ3) is 5.87. The second-order valence-electron chi connectivity index (χ2n) is 5.16. The molecule has 0 unspecified atom stereocenters. The van der Waals surface area contributed by atoms with E-state index < -0.39 is 0 Å². The number of hydrogen-bond acceptors (Lipinski definition) is 5. The Morgan fingerprint density at radius 2 is 1.79 bits per heavy atom. The number of aryl methyl sites for hydroxylation is 1. The summed E-state index contributed by atoms with van der Waals surface area (Å²) in [6.07, 6.45) is 1.07. The highest BCUT2D eigenvalue weighted by atomic mass is 16.5. The van der Waals surface area contributed by atoms with E-state index in [1.165, 1.54) is 0 Å². The van der Waals surface area contributed by atoms with E-state index in [1.54, 1.807) is 0 Å². The molecule has 1 aromatic rings. The summed E-state index contributed by atoms with van der Waals surface area (Å²) in [7, 11) is 0. The smallest absolute Gasteiger partial charge is 0.131 e. The first-order valence-electron chi connectivity index (χ1n) is 6.94. The Kier molecular flexibility index (Phi) is 6.02. The van der Waals surface area contributed by atoms with Gasteiger partial charge in [-0.25, -0.2) is 9.97 Å². The van der Waals surface area contributed by atoms with Crippen LogP contribution in [-0.4, -0.2) is 35.3 Å². The van der Waals surface area contributed by atoms with Gasteiger partial charge in [-0.3, -0.25) is 0 Å². The second-order valence-corrected chi connectivity index (χ2v) is 5.16. The number of ether oxygens (including phenoxy) is 1. The van der Waals surface area contributed by atoms with Crippen LogP contribution in [-0.2, 0) is 4.74 Å². The molecule has 5 nitrogen and oxygen atoms in total. The van der Waals surface area contributed by atoms with Gasteiger partial charge in [-0.05, 0) is 34.1 Å². The Balaban J connectivity index is 2.65. The van der Waals surface area contributed by atoms with Crippen molar-refractivity contribution >= 4 is 11.6 Å². The van der Waals surface area contributed by atoms with E-state index in [0.717, 1.165) is 30.4 Å². The third-order valence-corrected chi connectivity index (χ3v) is 2.62. The van der Waals surface area contributed by atoms with Crippen LogP contribution in [0.2, 0.25) is 0 Å². The van der Waals surface area contributed by atoms with Gasteiger partial charge >= 0.3 is 0 Å². The molecule has 0 amide bonds. The fourth-order valence-corrected chi connectivity index (χ4v) is 1.75. The maximum atomic E-state index is 5.65. The maximum Gasteiger partial charge on any atom is 0.131 e. The zero-order chi connectivity index (χ0) is 14.3. The van der Waals surface area contributed by atoms with Gasteiger partial charge in [0.1, 0.15) is 17.5 Å². The average molecular weight is 266 g/mol. The Labute approximate surface area is 116 Å². The van der Waals surface area contributed by atoms with Crippen molar-refractivity contribution in [3.05, 3.63) is 11.9 Å². The SMILES string of the molecule is CCCNc1cc(NCC(C)(C)OCC)nc(C)n1. The monoisotopic (exact) mass is 266 g/mol. The summed E-state index contributed by atoms with van der Waals surface area (Å²) in [4.78, 5) is 8.75. The lowest BCUT2D eigenvalue weighted by Gasteiger charge is -2.25. The van der Waals surface area contributed by atoms with Gasteiger partial charge < -0.3 is 15.4 Å². The number of nitrogens with zero attached hydrogens (tertiary/aromatic N) is 2. The molecule has 0 aromatic carbocycles. The first-order valence-corrected chi connectivity index (χ1v) is 6.94. The zero-order valence-corrected chi connectivity index (χ0v) is 12.7. The van der Waals surface area contributed by atoms with Gasteiger partial charge in [0, 0.05) is 25.8 Å². The minimum absolute atomic E-state index is 0.204. The number of anilines is 2. The maximum absolute atomic E-state index is 5.65. The molecule has 0 saturated heterocycles. The van der Waals surface area contributed by atoms with Crippen LogP contribution < -0.4 is 10.6 Å². The first-order chi connectivity index (χ1) is 8.96. The Morgan fingerprint density at radius 1 is 1.16 bits per heavy atom. The van der Waals surface area contributed by atoms with Crippen molar-refractivity contribution < 1.29 is 4.74 Å². The molecule has 2 N–H and O–H groups in total. The topological polar surface area (TPSA) is 59.1 Å². The van der Waals surface area contributed by atoms with E-state index in [2.05, 4.69) is 41.4 Å². The highest BCUT2D eigenvalue weighted by molar-refractivity contribution is 5.47. The highest BCUT2D eigenvalue weighted by Crippen LogP contribution is 2.14. The molecule has 0 saturated carbocycles. The first kappa shape index (κ1) is 15.7. The van der Waals surface area contributed by atoms with Crippen LogP contribution in [0.1, 0.15) is 39.9 Å². The number of rotatable bonds is 8. The number of aromatic nitrogens is 2. The Bertz CT molecular complexity index is 393. The zero-order valence-electron chi connectivity index (χ0n) is 12.7. The Hall–Kier alpha value is -1.36. The predicted molar refractivity (Wildman–Crippen MR) is 79.7 cm³/mol. The van der Waals surface area contributed by atoms with Crippen LogP contribution >= 0.6 is 0 Å². The van der Waals surface area contributed by atoms with Crippen LogP contribution in [0.4, 0.5) is 11.6 Å². The molecular weight excluding hydrogens is 240 g/mol. The molecule has 0 aliphatic carbocycles.